The van der Waals surface area contributed by atoms with Crippen LogP contribution in [0.1, 0.15) is 52.1 Å². The summed E-state index contributed by atoms with van der Waals surface area (Å²) in [7, 11) is 0. The molecule has 0 atom stereocenters. The third-order valence-electron chi connectivity index (χ3n) is 6.06. The maximum Gasteiger partial charge on any atom is 0.354 e. The molecule has 1 saturated carbocycles. The summed E-state index contributed by atoms with van der Waals surface area (Å²) >= 11 is 12.3. The van der Waals surface area contributed by atoms with Crippen LogP contribution in [0.4, 0.5) is 0 Å². The number of rotatable bonds is 6. The maximum atomic E-state index is 12.9. The largest absolute Gasteiger partial charge is 0.490 e. The van der Waals surface area contributed by atoms with Crippen LogP contribution in [0.2, 0.25) is 10.2 Å². The topological polar surface area (TPSA) is 81.4 Å². The first-order chi connectivity index (χ1) is 16.4. The highest BCUT2D eigenvalue weighted by Gasteiger charge is 2.24. The van der Waals surface area contributed by atoms with Crippen molar-refractivity contribution in [1.29, 1.82) is 0 Å². The van der Waals surface area contributed by atoms with E-state index in [4.69, 9.17) is 27.9 Å². The van der Waals surface area contributed by atoms with Crippen molar-refractivity contribution < 1.29 is 19.4 Å². The van der Waals surface area contributed by atoms with E-state index in [-0.39, 0.29) is 27.8 Å². The van der Waals surface area contributed by atoms with Gasteiger partial charge in [-0.15, -0.1) is 0 Å². The summed E-state index contributed by atoms with van der Waals surface area (Å²) in [5.41, 5.74) is 1.88. The standard InChI is InChI=1S/C26H20Cl2N2O4/c27-22-12-6-16(14-29-22)25(31)15-5-11-21-20(13-15)23(28)24(26(32)33)30(21)17-7-9-19(10-8-17)34-18-3-1-2-4-18/h5-14,18H,1-4H2,(H,32,33). The van der Waals surface area contributed by atoms with Gasteiger partial charge >= 0.3 is 5.97 Å². The van der Waals surface area contributed by atoms with Gasteiger partial charge in [0.2, 0.25) is 0 Å². The number of aromatic carboxylic acids is 1. The van der Waals surface area contributed by atoms with Crippen molar-refractivity contribution in [3.63, 3.8) is 0 Å². The number of carboxylic acid groups (broad SMARTS) is 1. The lowest BCUT2D eigenvalue weighted by atomic mass is 10.0. The summed E-state index contributed by atoms with van der Waals surface area (Å²) < 4.78 is 7.61. The van der Waals surface area contributed by atoms with Gasteiger partial charge in [0.15, 0.2) is 11.5 Å². The highest BCUT2D eigenvalue weighted by atomic mass is 35.5. The second-order valence-electron chi connectivity index (χ2n) is 8.25. The molecule has 0 radical (unpaired) electrons. The lowest BCUT2D eigenvalue weighted by molar-refractivity contribution is 0.0688. The molecule has 1 aliphatic rings. The Morgan fingerprint density at radius 3 is 2.32 bits per heavy atom. The Kier molecular flexibility index (Phi) is 6.02. The predicted molar refractivity (Wildman–Crippen MR) is 131 cm³/mol. The number of hydrogen-bond donors (Lipinski definition) is 1. The number of halogens is 2. The normalized spacial score (nSPS) is 13.9. The number of pyridine rings is 1. The number of ketones is 1. The predicted octanol–water partition coefficient (Wildman–Crippen LogP) is 6.58. The highest BCUT2D eigenvalue weighted by molar-refractivity contribution is 6.39. The van der Waals surface area contributed by atoms with E-state index < -0.39 is 5.97 Å². The van der Waals surface area contributed by atoms with Gasteiger partial charge in [0.25, 0.3) is 0 Å². The minimum absolute atomic E-state index is 0.0673. The van der Waals surface area contributed by atoms with Crippen molar-refractivity contribution in [2.24, 2.45) is 0 Å². The van der Waals surface area contributed by atoms with E-state index in [1.807, 2.05) is 24.3 Å². The lowest BCUT2D eigenvalue weighted by Gasteiger charge is -2.14. The van der Waals surface area contributed by atoms with Crippen LogP contribution < -0.4 is 4.74 Å². The van der Waals surface area contributed by atoms with Crippen molar-refractivity contribution in [3.8, 4) is 11.4 Å². The van der Waals surface area contributed by atoms with E-state index in [1.54, 1.807) is 34.9 Å². The molecule has 6 nitrogen and oxygen atoms in total. The molecule has 8 heteroatoms. The molecule has 172 valence electrons. The monoisotopic (exact) mass is 494 g/mol. The second kappa shape index (κ2) is 9.12. The van der Waals surface area contributed by atoms with E-state index in [1.165, 1.54) is 19.0 Å². The number of hydrogen-bond acceptors (Lipinski definition) is 4. The summed E-state index contributed by atoms with van der Waals surface area (Å²) in [5, 5.41) is 10.7. The number of ether oxygens (including phenoxy) is 1. The summed E-state index contributed by atoms with van der Waals surface area (Å²) in [6.45, 7) is 0. The van der Waals surface area contributed by atoms with Crippen LogP contribution in [0.5, 0.6) is 5.75 Å². The molecule has 0 amide bonds. The lowest BCUT2D eigenvalue weighted by Crippen LogP contribution is -2.11. The minimum Gasteiger partial charge on any atom is -0.490 e. The molecule has 1 aliphatic carbocycles. The number of carbonyl (C=O) groups is 2. The van der Waals surface area contributed by atoms with E-state index in [0.29, 0.717) is 27.7 Å². The van der Waals surface area contributed by atoms with Gasteiger partial charge in [-0.1, -0.05) is 23.2 Å². The third kappa shape index (κ3) is 4.15. The Labute approximate surface area is 205 Å². The molecular formula is C26H20Cl2N2O4. The Hall–Kier alpha value is -3.35. The van der Waals surface area contributed by atoms with Crippen molar-refractivity contribution in [2.45, 2.75) is 31.8 Å². The maximum absolute atomic E-state index is 12.9. The van der Waals surface area contributed by atoms with Gasteiger partial charge in [-0.05, 0) is 80.3 Å². The first kappa shape index (κ1) is 22.4. The quantitative estimate of drug-likeness (QED) is 0.241. The second-order valence-corrected chi connectivity index (χ2v) is 9.02. The number of benzene rings is 2. The highest BCUT2D eigenvalue weighted by Crippen LogP contribution is 2.35. The zero-order valence-electron chi connectivity index (χ0n) is 18.0. The van der Waals surface area contributed by atoms with Crippen LogP contribution in [-0.4, -0.2) is 32.5 Å². The SMILES string of the molecule is O=C(c1ccc(Cl)nc1)c1ccc2c(c1)c(Cl)c(C(=O)O)n2-c1ccc(OC2CCCC2)cc1. The molecule has 1 N–H and O–H groups in total. The van der Waals surface area contributed by atoms with E-state index in [0.717, 1.165) is 18.6 Å². The molecule has 34 heavy (non-hydrogen) atoms. The number of aromatic nitrogens is 2. The Morgan fingerprint density at radius 1 is 0.971 bits per heavy atom. The van der Waals surface area contributed by atoms with Gasteiger partial charge in [-0.2, -0.15) is 0 Å². The molecule has 2 aromatic carbocycles. The van der Waals surface area contributed by atoms with Crippen LogP contribution in [0.25, 0.3) is 16.6 Å². The molecule has 0 aliphatic heterocycles. The Bertz CT molecular complexity index is 1390. The Morgan fingerprint density at radius 2 is 1.68 bits per heavy atom. The summed E-state index contributed by atoms with van der Waals surface area (Å²) in [4.78, 5) is 29.0. The third-order valence-corrected chi connectivity index (χ3v) is 6.67. The molecule has 0 saturated heterocycles. The molecule has 1 fully saturated rings. The van der Waals surface area contributed by atoms with Gasteiger partial charge in [0, 0.05) is 28.4 Å². The zero-order valence-corrected chi connectivity index (χ0v) is 19.5. The molecule has 4 aromatic rings. The van der Waals surface area contributed by atoms with E-state index >= 15 is 0 Å². The summed E-state index contributed by atoms with van der Waals surface area (Å²) in [6, 6.07) is 15.4. The average Bonchev–Trinajstić information content (AvgIpc) is 3.45. The minimum atomic E-state index is -1.16. The number of carboxylic acids is 1. The molecule has 0 bridgehead atoms. The van der Waals surface area contributed by atoms with Crippen LogP contribution in [-0.2, 0) is 0 Å². The zero-order chi connectivity index (χ0) is 23.8. The van der Waals surface area contributed by atoms with Crippen molar-refractivity contribution >= 4 is 45.9 Å². The molecule has 0 unspecified atom stereocenters. The van der Waals surface area contributed by atoms with Crippen LogP contribution >= 0.6 is 23.2 Å². The number of carbonyl (C=O) groups excluding carboxylic acids is 1. The number of nitrogens with zero attached hydrogens (tertiary/aromatic N) is 2. The van der Waals surface area contributed by atoms with Crippen molar-refractivity contribution in [1.82, 2.24) is 9.55 Å². The fraction of sp³-hybridized carbons (Fsp3) is 0.192. The average molecular weight is 495 g/mol. The molecule has 2 heterocycles. The van der Waals surface area contributed by atoms with E-state index in [9.17, 15) is 14.7 Å². The summed E-state index contributed by atoms with van der Waals surface area (Å²) in [5.74, 6) is -0.679. The van der Waals surface area contributed by atoms with Crippen LogP contribution in [0.3, 0.4) is 0 Å². The van der Waals surface area contributed by atoms with Crippen LogP contribution in [0.15, 0.2) is 60.8 Å². The fourth-order valence-corrected chi connectivity index (χ4v) is 4.83. The molecule has 0 spiro atoms. The number of fused-ring (bicyclic) bond motifs is 1. The molecular weight excluding hydrogens is 475 g/mol. The smallest absolute Gasteiger partial charge is 0.354 e. The van der Waals surface area contributed by atoms with Crippen molar-refractivity contribution in [3.05, 3.63) is 87.8 Å². The molecule has 5 rings (SSSR count). The first-order valence-electron chi connectivity index (χ1n) is 10.9. The van der Waals surface area contributed by atoms with E-state index in [2.05, 4.69) is 4.98 Å². The molecule has 2 aromatic heterocycles. The van der Waals surface area contributed by atoms with Gasteiger partial charge < -0.3 is 14.4 Å². The van der Waals surface area contributed by atoms with Gasteiger partial charge in [0.05, 0.1) is 16.6 Å². The van der Waals surface area contributed by atoms with Crippen molar-refractivity contribution in [2.75, 3.05) is 0 Å². The first-order valence-corrected chi connectivity index (χ1v) is 11.7. The van der Waals surface area contributed by atoms with Crippen LogP contribution in [0, 0.1) is 0 Å². The van der Waals surface area contributed by atoms with Gasteiger partial charge in [0.1, 0.15) is 10.9 Å². The fourth-order valence-electron chi connectivity index (χ4n) is 4.40. The summed E-state index contributed by atoms with van der Waals surface area (Å²) in [6.07, 6.45) is 6.09. The van der Waals surface area contributed by atoms with Gasteiger partial charge in [-0.3, -0.25) is 4.79 Å². The Balaban J connectivity index is 1.55. The van der Waals surface area contributed by atoms with Gasteiger partial charge in [-0.25, -0.2) is 9.78 Å².